The number of likely N-dealkylation sites (tertiary alicyclic amines) is 2. The second-order valence-corrected chi connectivity index (χ2v) is 13.2. The van der Waals surface area contributed by atoms with Gasteiger partial charge in [-0.1, -0.05) is 54.6 Å². The highest BCUT2D eigenvalue weighted by atomic mass is 16.5. The smallest absolute Gasteiger partial charge is 0.254 e. The maximum atomic E-state index is 13.9. The fraction of sp³-hybridized carbons (Fsp3) is 0.439. The summed E-state index contributed by atoms with van der Waals surface area (Å²) in [6.45, 7) is 11.0. The van der Waals surface area contributed by atoms with E-state index in [9.17, 15) is 9.59 Å². The number of piperidine rings is 1. The Morgan fingerprint density at radius 3 is 2.35 bits per heavy atom. The van der Waals surface area contributed by atoms with Crippen molar-refractivity contribution in [2.75, 3.05) is 67.3 Å². The number of rotatable bonds is 17. The first-order valence-corrected chi connectivity index (χ1v) is 17.8. The summed E-state index contributed by atoms with van der Waals surface area (Å²) >= 11 is 0. The molecule has 272 valence electrons. The average Bonchev–Trinajstić information content (AvgIpc) is 3.80. The van der Waals surface area contributed by atoms with Crippen LogP contribution in [0.3, 0.4) is 0 Å². The number of allylic oxidation sites excluding steroid dienone is 3. The van der Waals surface area contributed by atoms with Gasteiger partial charge in [-0.15, -0.1) is 6.58 Å². The van der Waals surface area contributed by atoms with Crippen molar-refractivity contribution in [3.8, 4) is 17.2 Å². The van der Waals surface area contributed by atoms with Gasteiger partial charge in [-0.05, 0) is 76.0 Å². The van der Waals surface area contributed by atoms with Crippen molar-refractivity contribution in [3.05, 3.63) is 102 Å². The monoisotopic (exact) mass is 696 g/mol. The highest BCUT2D eigenvalue weighted by molar-refractivity contribution is 5.96. The van der Waals surface area contributed by atoms with E-state index in [1.54, 1.807) is 45.7 Å². The summed E-state index contributed by atoms with van der Waals surface area (Å²) in [6.07, 6.45) is 14.7. The normalized spacial score (nSPS) is 18.5. The van der Waals surface area contributed by atoms with Crippen molar-refractivity contribution >= 4 is 17.8 Å². The lowest BCUT2D eigenvalue weighted by Crippen LogP contribution is -2.41. The Balaban J connectivity index is 1.25. The Kier molecular flexibility index (Phi) is 13.3. The number of nitrogens with zero attached hydrogens (tertiary/aromatic N) is 4. The number of Topliss-reactive ketones (excluding diaryl/α,β-unsaturated/α-hetero) is 1. The Hall–Kier alpha value is -4.67. The SMILES string of the molecule is C=CCOCCn1c(/C=C\C=C/C)cnc1C(=O)C1CCN(CCC2(c3ccccc3)CCN(C(=O)c3cc(OC)c(OC)c(OC)c3)C2)CC1. The fourth-order valence-electron chi connectivity index (χ4n) is 7.32. The zero-order valence-corrected chi connectivity index (χ0v) is 30.5. The van der Waals surface area contributed by atoms with E-state index in [1.165, 1.54) is 5.56 Å². The van der Waals surface area contributed by atoms with Gasteiger partial charge in [-0.25, -0.2) is 4.98 Å². The topological polar surface area (TPSA) is 95.4 Å². The van der Waals surface area contributed by atoms with E-state index < -0.39 is 0 Å². The predicted octanol–water partition coefficient (Wildman–Crippen LogP) is 6.47. The van der Waals surface area contributed by atoms with Gasteiger partial charge < -0.3 is 33.3 Å². The lowest BCUT2D eigenvalue weighted by Gasteiger charge is -2.36. The lowest BCUT2D eigenvalue weighted by molar-refractivity contribution is 0.0777. The average molecular weight is 697 g/mol. The summed E-state index contributed by atoms with van der Waals surface area (Å²) < 4.78 is 24.1. The van der Waals surface area contributed by atoms with Crippen LogP contribution in [0, 0.1) is 5.92 Å². The van der Waals surface area contributed by atoms with E-state index in [1.807, 2.05) is 46.8 Å². The standard InChI is InChI=1S/C41H52N4O6/c1-6-8-10-15-34-29-42-39(45(34)24-26-51-25-7-2)37(46)31-16-20-43(21-17-31)22-18-41(33-13-11-9-12-14-33)19-23-44(30-41)40(47)32-27-35(48-3)38(50-5)36(28-32)49-4/h6-15,27-29,31H,2,16-26,30H2,1,3-5H3/b8-6-,15-10-. The Bertz CT molecular complexity index is 1670. The van der Waals surface area contributed by atoms with Crippen molar-refractivity contribution in [3.63, 3.8) is 0 Å². The lowest BCUT2D eigenvalue weighted by atomic mass is 9.76. The van der Waals surface area contributed by atoms with Crippen LogP contribution in [-0.4, -0.2) is 98.3 Å². The largest absolute Gasteiger partial charge is 0.493 e. The molecule has 2 aliphatic rings. The number of hydrogen-bond acceptors (Lipinski definition) is 8. The van der Waals surface area contributed by atoms with Gasteiger partial charge in [-0.3, -0.25) is 9.59 Å². The van der Waals surface area contributed by atoms with Crippen molar-refractivity contribution in [1.29, 1.82) is 0 Å². The van der Waals surface area contributed by atoms with Gasteiger partial charge in [0.2, 0.25) is 11.5 Å². The first kappa shape index (κ1) is 37.6. The molecule has 3 aromatic rings. The maximum Gasteiger partial charge on any atom is 0.254 e. The molecule has 0 saturated carbocycles. The summed E-state index contributed by atoms with van der Waals surface area (Å²) in [4.78, 5) is 36.8. The second kappa shape index (κ2) is 18.0. The number of amides is 1. The molecular formula is C41H52N4O6. The second-order valence-electron chi connectivity index (χ2n) is 13.2. The van der Waals surface area contributed by atoms with Crippen LogP contribution in [0.4, 0.5) is 0 Å². The number of carbonyl (C=O) groups excluding carboxylic acids is 2. The zero-order chi connectivity index (χ0) is 36.2. The molecule has 10 nitrogen and oxygen atoms in total. The third-order valence-electron chi connectivity index (χ3n) is 10.2. The molecule has 0 bridgehead atoms. The molecule has 51 heavy (non-hydrogen) atoms. The van der Waals surface area contributed by atoms with Gasteiger partial charge in [0.25, 0.3) is 5.91 Å². The molecule has 2 fully saturated rings. The predicted molar refractivity (Wildman–Crippen MR) is 200 cm³/mol. The summed E-state index contributed by atoms with van der Waals surface area (Å²) in [6, 6.07) is 14.0. The van der Waals surface area contributed by atoms with Crippen LogP contribution in [0.5, 0.6) is 17.2 Å². The minimum absolute atomic E-state index is 0.0579. The van der Waals surface area contributed by atoms with E-state index in [-0.39, 0.29) is 23.0 Å². The molecule has 2 aliphatic heterocycles. The zero-order valence-electron chi connectivity index (χ0n) is 30.5. The maximum absolute atomic E-state index is 13.9. The van der Waals surface area contributed by atoms with Gasteiger partial charge >= 0.3 is 0 Å². The van der Waals surface area contributed by atoms with Gasteiger partial charge in [0, 0.05) is 36.5 Å². The third-order valence-corrected chi connectivity index (χ3v) is 10.2. The van der Waals surface area contributed by atoms with Crippen molar-refractivity contribution in [2.45, 2.75) is 44.6 Å². The molecular weight excluding hydrogens is 644 g/mol. The van der Waals surface area contributed by atoms with Gasteiger partial charge in [-0.2, -0.15) is 0 Å². The number of methoxy groups -OCH3 is 3. The molecule has 1 atom stereocenters. The molecule has 10 heteroatoms. The molecule has 3 heterocycles. The number of imidazole rings is 1. The Morgan fingerprint density at radius 2 is 1.71 bits per heavy atom. The van der Waals surface area contributed by atoms with E-state index in [4.69, 9.17) is 18.9 Å². The van der Waals surface area contributed by atoms with E-state index in [0.717, 1.165) is 51.0 Å². The van der Waals surface area contributed by atoms with Crippen molar-refractivity contribution in [2.24, 2.45) is 5.92 Å². The number of benzene rings is 2. The van der Waals surface area contributed by atoms with Gasteiger partial charge in [0.1, 0.15) is 0 Å². The summed E-state index contributed by atoms with van der Waals surface area (Å²) in [5, 5.41) is 0. The number of ketones is 1. The quantitative estimate of drug-likeness (QED) is 0.0687. The minimum Gasteiger partial charge on any atom is -0.493 e. The summed E-state index contributed by atoms with van der Waals surface area (Å²) in [7, 11) is 4.66. The first-order chi connectivity index (χ1) is 24.9. The molecule has 5 rings (SSSR count). The molecule has 1 unspecified atom stereocenters. The Morgan fingerprint density at radius 1 is 0.980 bits per heavy atom. The van der Waals surface area contributed by atoms with Gasteiger partial charge in [0.05, 0.1) is 46.4 Å². The number of ether oxygens (including phenoxy) is 4. The number of aromatic nitrogens is 2. The molecule has 2 aromatic carbocycles. The molecule has 0 aliphatic carbocycles. The molecule has 2 saturated heterocycles. The molecule has 1 aromatic heterocycles. The molecule has 0 radical (unpaired) electrons. The Labute approximate surface area is 302 Å². The highest BCUT2D eigenvalue weighted by Gasteiger charge is 2.42. The molecule has 0 N–H and O–H groups in total. The van der Waals surface area contributed by atoms with Crippen LogP contribution in [0.2, 0.25) is 0 Å². The van der Waals surface area contributed by atoms with E-state index in [2.05, 4.69) is 40.7 Å². The van der Waals surface area contributed by atoms with Crippen LogP contribution in [0.15, 0.2) is 79.5 Å². The minimum atomic E-state index is -0.181. The molecule has 0 spiro atoms. The third kappa shape index (κ3) is 8.80. The number of carbonyl (C=O) groups is 2. The summed E-state index contributed by atoms with van der Waals surface area (Å²) in [5.74, 6) is 1.84. The highest BCUT2D eigenvalue weighted by Crippen LogP contribution is 2.41. The van der Waals surface area contributed by atoms with Crippen molar-refractivity contribution in [1.82, 2.24) is 19.4 Å². The summed E-state index contributed by atoms with van der Waals surface area (Å²) in [5.41, 5.74) is 2.46. The van der Waals surface area contributed by atoms with Crippen LogP contribution in [0.1, 0.15) is 64.8 Å². The van der Waals surface area contributed by atoms with Crippen LogP contribution >= 0.6 is 0 Å². The van der Waals surface area contributed by atoms with Crippen LogP contribution in [0.25, 0.3) is 6.08 Å². The number of hydrogen-bond donors (Lipinski definition) is 0. The van der Waals surface area contributed by atoms with Gasteiger partial charge in [0.15, 0.2) is 17.3 Å². The van der Waals surface area contributed by atoms with E-state index >= 15 is 0 Å². The van der Waals surface area contributed by atoms with E-state index in [0.29, 0.717) is 61.5 Å². The fourth-order valence-corrected chi connectivity index (χ4v) is 7.32. The van der Waals surface area contributed by atoms with Crippen LogP contribution < -0.4 is 14.2 Å². The van der Waals surface area contributed by atoms with Crippen LogP contribution in [-0.2, 0) is 16.7 Å². The van der Waals surface area contributed by atoms with Crippen molar-refractivity contribution < 1.29 is 28.5 Å². The molecule has 1 amide bonds. The first-order valence-electron chi connectivity index (χ1n) is 17.8.